The number of aromatic nitrogens is 1. The Morgan fingerprint density at radius 2 is 1.24 bits per heavy atom. The Bertz CT molecular complexity index is 2950. The first-order valence-electron chi connectivity index (χ1n) is 23.9. The highest BCUT2D eigenvalue weighted by atomic mass is 32.3. The maximum Gasteiger partial charge on any atom is 0.418 e. The second-order valence-corrected chi connectivity index (χ2v) is 20.8. The number of carboxylic acid groups (broad SMARTS) is 2. The van der Waals surface area contributed by atoms with Gasteiger partial charge < -0.3 is 64.1 Å². The monoisotopic (exact) mass is 1160 g/mol. The Morgan fingerprint density at radius 3 is 1.82 bits per heavy atom. The maximum absolute atomic E-state index is 14.6. The van der Waals surface area contributed by atoms with Crippen LogP contribution in [0.25, 0.3) is 10.9 Å². The van der Waals surface area contributed by atoms with E-state index in [2.05, 4.69) is 35.9 Å². The van der Waals surface area contributed by atoms with Gasteiger partial charge in [0.25, 0.3) is 11.8 Å². The lowest BCUT2D eigenvalue weighted by Gasteiger charge is -2.40. The molecule has 1 aromatic heterocycles. The molecule has 0 radical (unpaired) electrons. The van der Waals surface area contributed by atoms with Crippen molar-refractivity contribution in [1.29, 1.82) is 0 Å². The van der Waals surface area contributed by atoms with Gasteiger partial charge in [-0.25, -0.2) is 0 Å². The van der Waals surface area contributed by atoms with Crippen molar-refractivity contribution in [1.82, 2.24) is 36.6 Å². The molecule has 16 N–H and O–H groups in total. The molecule has 0 aliphatic carbocycles. The van der Waals surface area contributed by atoms with E-state index in [9.17, 15) is 76.2 Å². The van der Waals surface area contributed by atoms with Crippen molar-refractivity contribution < 1.29 is 80.5 Å². The Morgan fingerprint density at radius 1 is 0.684 bits per heavy atom. The van der Waals surface area contributed by atoms with Crippen LogP contribution in [0.1, 0.15) is 42.4 Å². The van der Waals surface area contributed by atoms with E-state index >= 15 is 0 Å². The lowest BCUT2D eigenvalue weighted by atomic mass is 9.81. The molecule has 0 aliphatic rings. The number of Topliss-reactive ketones (excluding diaryl/α,β-unsaturated/α-hetero) is 1. The second kappa shape index (κ2) is 29.9. The van der Waals surface area contributed by atoms with Gasteiger partial charge in [0.15, 0.2) is 5.78 Å². The number of primary amides is 1. The highest BCUT2D eigenvalue weighted by Gasteiger charge is 2.57. The number of aliphatic carboxylic acids is 2. The van der Waals surface area contributed by atoms with Gasteiger partial charge in [-0.1, -0.05) is 60.7 Å². The minimum Gasteiger partial charge on any atom is -0.508 e. The molecule has 30 heteroatoms. The summed E-state index contributed by atoms with van der Waals surface area (Å²) in [5.41, 5.74) is 16.0. The van der Waals surface area contributed by atoms with E-state index in [1.54, 1.807) is 55.1 Å². The Labute approximate surface area is 461 Å². The van der Waals surface area contributed by atoms with Crippen molar-refractivity contribution in [2.75, 3.05) is 30.6 Å². The largest absolute Gasteiger partial charge is 0.508 e. The topological polar surface area (TPSA) is 452 Å². The number of ketones is 1. The van der Waals surface area contributed by atoms with Gasteiger partial charge in [0.05, 0.1) is 31.5 Å². The van der Waals surface area contributed by atoms with E-state index in [0.717, 1.165) is 0 Å². The average molecular weight is 1160 g/mol. The van der Waals surface area contributed by atoms with Gasteiger partial charge in [-0.15, -0.1) is 4.28 Å². The fourth-order valence-electron chi connectivity index (χ4n) is 8.02. The van der Waals surface area contributed by atoms with Crippen LogP contribution in [0.4, 0.5) is 0 Å². The molecule has 3 aromatic carbocycles. The summed E-state index contributed by atoms with van der Waals surface area (Å²) in [7, 11) is -6.01. The predicted molar refractivity (Wildman–Crippen MR) is 288 cm³/mol. The first kappa shape index (κ1) is 63.9. The van der Waals surface area contributed by atoms with Gasteiger partial charge in [-0.2, -0.15) is 37.0 Å². The first-order chi connectivity index (χ1) is 37.3. The zero-order chi connectivity index (χ0) is 58.6. The van der Waals surface area contributed by atoms with Gasteiger partial charge in [-0.3, -0.25) is 52.5 Å². The third kappa shape index (κ3) is 19.1. The summed E-state index contributed by atoms with van der Waals surface area (Å²) in [6.07, 6.45) is 0.810. The molecule has 1 heterocycles. The number of phenolic OH excluding ortho intramolecular Hbond substituents is 1. The molecule has 0 saturated heterocycles. The zero-order valence-corrected chi connectivity index (χ0v) is 45.1. The number of phenols is 1. The number of fused-ring (bicyclic) bond motifs is 1. The molecule has 4 aromatic rings. The first-order valence-corrected chi connectivity index (χ1v) is 28.1. The molecule has 4 rings (SSSR count). The Kier molecular flexibility index (Phi) is 24.2. The predicted octanol–water partition coefficient (Wildman–Crippen LogP) is -1.58. The number of hydrogen-bond donors (Lipinski definition) is 13. The average Bonchev–Trinajstić information content (AvgIpc) is 3.91. The normalized spacial score (nSPS) is 14.4. The molecule has 7 amide bonds. The molecule has 7 atom stereocenters. The number of nitrogens with two attached hydrogens (primary N) is 3. The minimum atomic E-state index is -6.01. The van der Waals surface area contributed by atoms with Crippen LogP contribution in [0.3, 0.4) is 0 Å². The number of para-hydroxylation sites is 1. The maximum atomic E-state index is 14.6. The zero-order valence-electron chi connectivity index (χ0n) is 42.6. The van der Waals surface area contributed by atoms with Crippen LogP contribution in [-0.2, 0) is 81.9 Å². The van der Waals surface area contributed by atoms with Gasteiger partial charge in [0.2, 0.25) is 35.1 Å². The number of nitrogens with one attached hydrogen (secondary N) is 6. The Hall–Kier alpha value is -7.61. The van der Waals surface area contributed by atoms with Crippen LogP contribution in [0.5, 0.6) is 5.75 Å². The third-order valence-electron chi connectivity index (χ3n) is 11.9. The summed E-state index contributed by atoms with van der Waals surface area (Å²) in [6.45, 7) is -0.736. The molecule has 0 saturated carbocycles. The summed E-state index contributed by atoms with van der Waals surface area (Å²) in [4.78, 5) is 139. The van der Waals surface area contributed by atoms with Crippen LogP contribution in [0, 0.1) is 0 Å². The highest BCUT2D eigenvalue weighted by Crippen LogP contribution is 2.29. The van der Waals surface area contributed by atoms with E-state index in [-0.39, 0.29) is 42.7 Å². The van der Waals surface area contributed by atoms with Crippen LogP contribution in [-0.4, -0.2) is 170 Å². The minimum absolute atomic E-state index is 0.0119. The standard InChI is InChI=1S/C49H62N10O17S3/c1-77-18-16-35(56-43(67)33(51)20-27-12-14-30(60)15-13-27)44(68)54-26-39(61)55-37(21-29-25-53-34-11-7-6-10-31(29)34)46(70)57-36(17-19-78-2)45(69)58-38(23-41(64)65)47(71)59(76-79(73,74)75)49(48(52)72,24-28-8-4-3-5-9-28)42(66)32(50)22-40(62)63/h3-15,25,32-33,35-38,53,60H,16-24,26,50-51H2,1-2H3,(H2,52,72)(H,54,68)(H,55,61)(H,56,67)(H,57,70)(H,58,69)(H,62,63)(H,64,65)(H,73,74,75)/t32-,33-,35-,36-,37-,38-,49+/m0/s1. The van der Waals surface area contributed by atoms with Crippen molar-refractivity contribution in [3.63, 3.8) is 0 Å². The quantitative estimate of drug-likeness (QED) is 0.0145. The number of aromatic amines is 1. The smallest absolute Gasteiger partial charge is 0.418 e. The molecule has 79 heavy (non-hydrogen) atoms. The molecular formula is C49H62N10O17S3. The highest BCUT2D eigenvalue weighted by molar-refractivity contribution is 7.98. The van der Waals surface area contributed by atoms with Crippen molar-refractivity contribution in [3.8, 4) is 5.75 Å². The van der Waals surface area contributed by atoms with Gasteiger partial charge in [-0.05, 0) is 78.2 Å². The number of carbonyl (C=O) groups is 10. The van der Waals surface area contributed by atoms with Crippen molar-refractivity contribution in [2.24, 2.45) is 17.2 Å². The number of carboxylic acids is 2. The number of aromatic hydroxyl groups is 1. The van der Waals surface area contributed by atoms with E-state index < -0.39 is 142 Å². The number of nitrogens with zero attached hydrogens (tertiary/aromatic N) is 1. The van der Waals surface area contributed by atoms with Crippen LogP contribution >= 0.6 is 23.5 Å². The van der Waals surface area contributed by atoms with Crippen molar-refractivity contribution in [2.45, 2.75) is 86.7 Å². The van der Waals surface area contributed by atoms with Crippen molar-refractivity contribution >= 4 is 104 Å². The SMILES string of the molecule is CSCC[C@H](NC(=O)[C@H](Cc1c[nH]c2ccccc12)NC(=O)CNC(=O)[C@H](CCSC)NC(=O)[C@@H](N)Cc1ccc(O)cc1)C(=O)N[C@@H](CC(=O)O)C(=O)N(OS(=O)(=O)O)[C@@](Cc1ccccc1)(C(N)=O)C(=O)[C@@H](N)CC(=O)O. The summed E-state index contributed by atoms with van der Waals surface area (Å²) < 4.78 is 39.4. The fourth-order valence-corrected chi connectivity index (χ4v) is 9.35. The summed E-state index contributed by atoms with van der Waals surface area (Å²) in [6, 6.07) is 9.35. The molecule has 0 fully saturated rings. The second-order valence-electron chi connectivity index (χ2n) is 17.8. The van der Waals surface area contributed by atoms with Crippen LogP contribution < -0.4 is 43.8 Å². The summed E-state index contributed by atoms with van der Waals surface area (Å²) >= 11 is 2.55. The Balaban J connectivity index is 1.67. The molecule has 0 unspecified atom stereocenters. The van der Waals surface area contributed by atoms with Gasteiger partial charge in [0.1, 0.15) is 29.9 Å². The number of H-pyrrole nitrogens is 1. The van der Waals surface area contributed by atoms with E-state index in [0.29, 0.717) is 27.8 Å². The third-order valence-corrected chi connectivity index (χ3v) is 13.6. The molecule has 27 nitrogen and oxygen atoms in total. The number of benzene rings is 3. The summed E-state index contributed by atoms with van der Waals surface area (Å²) in [5, 5.41) is 41.3. The molecule has 0 aliphatic heterocycles. The molecule has 0 spiro atoms. The summed E-state index contributed by atoms with van der Waals surface area (Å²) in [5.74, 6) is -13.5. The van der Waals surface area contributed by atoms with Crippen molar-refractivity contribution in [3.05, 3.63) is 102 Å². The number of rotatable bonds is 33. The molecular weight excluding hydrogens is 1100 g/mol. The molecule has 0 bridgehead atoms. The van der Waals surface area contributed by atoms with Gasteiger partial charge >= 0.3 is 22.3 Å². The molecule has 428 valence electrons. The number of thioether (sulfide) groups is 2. The number of hydrogen-bond acceptors (Lipinski definition) is 18. The fraction of sp³-hybridized carbons (Fsp3) is 0.388. The van der Waals surface area contributed by atoms with Gasteiger partial charge in [0, 0.05) is 29.9 Å². The van der Waals surface area contributed by atoms with E-state index in [1.165, 1.54) is 66.0 Å². The number of amides is 7. The van der Waals surface area contributed by atoms with Crippen LogP contribution in [0.15, 0.2) is 85.1 Å². The number of hydroxylamine groups is 2. The van der Waals surface area contributed by atoms with Crippen LogP contribution in [0.2, 0.25) is 0 Å². The lowest BCUT2D eigenvalue weighted by molar-refractivity contribution is -0.192. The number of carbonyl (C=O) groups excluding carboxylic acids is 8. The lowest BCUT2D eigenvalue weighted by Crippen LogP contribution is -2.71. The van der Waals surface area contributed by atoms with E-state index in [1.807, 2.05) is 0 Å². The van der Waals surface area contributed by atoms with E-state index in [4.69, 9.17) is 17.2 Å².